The summed E-state index contributed by atoms with van der Waals surface area (Å²) in [6.07, 6.45) is 1.74. The Hall–Kier alpha value is -1.06. The summed E-state index contributed by atoms with van der Waals surface area (Å²) in [5.74, 6) is 0.984. The van der Waals surface area contributed by atoms with Gasteiger partial charge in [0.25, 0.3) is 0 Å². The summed E-state index contributed by atoms with van der Waals surface area (Å²) in [5, 5.41) is 5.39. The van der Waals surface area contributed by atoms with Crippen molar-refractivity contribution in [1.29, 1.82) is 0 Å². The van der Waals surface area contributed by atoms with Crippen molar-refractivity contribution in [2.75, 3.05) is 7.05 Å². The monoisotopic (exact) mass is 207 g/mol. The number of nitrogens with one attached hydrogen (secondary N) is 1. The standard InChI is InChI=1S/C11H13NOS/c1-8-9(5-6-13-8)11(12-2)10-4-3-7-14-10/h3-7,11-12H,1-2H3. The van der Waals surface area contributed by atoms with Crippen molar-refractivity contribution in [2.24, 2.45) is 0 Å². The van der Waals surface area contributed by atoms with Gasteiger partial charge in [0.05, 0.1) is 12.3 Å². The second-order valence-electron chi connectivity index (χ2n) is 3.17. The molecule has 0 aliphatic heterocycles. The number of thiophene rings is 1. The molecule has 0 amide bonds. The molecule has 3 heteroatoms. The van der Waals surface area contributed by atoms with E-state index in [9.17, 15) is 0 Å². The maximum Gasteiger partial charge on any atom is 0.105 e. The molecule has 0 radical (unpaired) electrons. The third kappa shape index (κ3) is 1.61. The average molecular weight is 207 g/mol. The van der Waals surface area contributed by atoms with Crippen molar-refractivity contribution in [3.8, 4) is 0 Å². The van der Waals surface area contributed by atoms with Gasteiger partial charge in [0.15, 0.2) is 0 Å². The third-order valence-corrected chi connectivity index (χ3v) is 3.26. The molecular formula is C11H13NOS. The van der Waals surface area contributed by atoms with Crippen LogP contribution in [0.1, 0.15) is 22.2 Å². The number of furan rings is 1. The van der Waals surface area contributed by atoms with Crippen molar-refractivity contribution in [3.05, 3.63) is 46.0 Å². The Bertz CT molecular complexity index is 391. The summed E-state index contributed by atoms with van der Waals surface area (Å²) in [5.41, 5.74) is 1.22. The summed E-state index contributed by atoms with van der Waals surface area (Å²) in [7, 11) is 1.97. The predicted molar refractivity (Wildman–Crippen MR) is 58.7 cm³/mol. The molecule has 2 aromatic rings. The molecule has 2 heterocycles. The quantitative estimate of drug-likeness (QED) is 0.837. The molecule has 2 nitrogen and oxygen atoms in total. The van der Waals surface area contributed by atoms with E-state index in [1.165, 1.54) is 10.4 Å². The summed E-state index contributed by atoms with van der Waals surface area (Å²) < 4.78 is 5.31. The molecule has 0 aromatic carbocycles. The van der Waals surface area contributed by atoms with Crippen LogP contribution in [0.3, 0.4) is 0 Å². The maximum absolute atomic E-state index is 5.31. The van der Waals surface area contributed by atoms with E-state index in [1.807, 2.05) is 20.0 Å². The smallest absolute Gasteiger partial charge is 0.105 e. The van der Waals surface area contributed by atoms with Gasteiger partial charge in [-0.2, -0.15) is 0 Å². The Labute approximate surface area is 87.6 Å². The van der Waals surface area contributed by atoms with Crippen molar-refractivity contribution >= 4 is 11.3 Å². The van der Waals surface area contributed by atoms with Crippen LogP contribution in [0.2, 0.25) is 0 Å². The van der Waals surface area contributed by atoms with Gasteiger partial charge in [0.2, 0.25) is 0 Å². The minimum Gasteiger partial charge on any atom is -0.469 e. The molecular weight excluding hydrogens is 194 g/mol. The van der Waals surface area contributed by atoms with Gasteiger partial charge in [-0.15, -0.1) is 11.3 Å². The summed E-state index contributed by atoms with van der Waals surface area (Å²) in [4.78, 5) is 1.32. The highest BCUT2D eigenvalue weighted by molar-refractivity contribution is 7.10. The summed E-state index contributed by atoms with van der Waals surface area (Å²) in [6.45, 7) is 1.99. The molecule has 0 spiro atoms. The van der Waals surface area contributed by atoms with Crippen LogP contribution in [0.5, 0.6) is 0 Å². The van der Waals surface area contributed by atoms with Crippen LogP contribution in [-0.4, -0.2) is 7.05 Å². The van der Waals surface area contributed by atoms with Crippen LogP contribution in [0.25, 0.3) is 0 Å². The first-order valence-corrected chi connectivity index (χ1v) is 5.45. The lowest BCUT2D eigenvalue weighted by Crippen LogP contribution is -2.16. The van der Waals surface area contributed by atoms with Gasteiger partial charge in [-0.1, -0.05) is 6.07 Å². The number of aryl methyl sites for hydroxylation is 1. The van der Waals surface area contributed by atoms with Gasteiger partial charge < -0.3 is 9.73 Å². The van der Waals surface area contributed by atoms with Crippen LogP contribution < -0.4 is 5.32 Å². The minimum atomic E-state index is 0.258. The topological polar surface area (TPSA) is 25.2 Å². The Morgan fingerprint density at radius 3 is 2.79 bits per heavy atom. The highest BCUT2D eigenvalue weighted by atomic mass is 32.1. The molecule has 0 bridgehead atoms. The first kappa shape index (κ1) is 9.49. The molecule has 0 saturated heterocycles. The van der Waals surface area contributed by atoms with Crippen LogP contribution >= 0.6 is 11.3 Å². The molecule has 0 saturated carbocycles. The van der Waals surface area contributed by atoms with Crippen molar-refractivity contribution in [3.63, 3.8) is 0 Å². The lowest BCUT2D eigenvalue weighted by atomic mass is 10.1. The van der Waals surface area contributed by atoms with E-state index in [2.05, 4.69) is 22.8 Å². The van der Waals surface area contributed by atoms with Crippen molar-refractivity contribution in [2.45, 2.75) is 13.0 Å². The third-order valence-electron chi connectivity index (χ3n) is 2.33. The molecule has 0 aliphatic carbocycles. The van der Waals surface area contributed by atoms with Crippen LogP contribution in [0.4, 0.5) is 0 Å². The fraction of sp³-hybridized carbons (Fsp3) is 0.273. The molecule has 1 atom stereocenters. The van der Waals surface area contributed by atoms with E-state index < -0.39 is 0 Å². The first-order valence-electron chi connectivity index (χ1n) is 4.57. The number of rotatable bonds is 3. The minimum absolute atomic E-state index is 0.258. The fourth-order valence-electron chi connectivity index (χ4n) is 1.60. The molecule has 14 heavy (non-hydrogen) atoms. The molecule has 1 unspecified atom stereocenters. The van der Waals surface area contributed by atoms with Crippen LogP contribution in [-0.2, 0) is 0 Å². The van der Waals surface area contributed by atoms with E-state index in [0.29, 0.717) is 0 Å². The largest absolute Gasteiger partial charge is 0.469 e. The SMILES string of the molecule is CNC(c1cccs1)c1ccoc1C. The Morgan fingerprint density at radius 1 is 1.43 bits per heavy atom. The molecule has 2 aromatic heterocycles. The van der Waals surface area contributed by atoms with E-state index in [-0.39, 0.29) is 6.04 Å². The second kappa shape index (κ2) is 3.98. The maximum atomic E-state index is 5.31. The summed E-state index contributed by atoms with van der Waals surface area (Å²) >= 11 is 1.76. The van der Waals surface area contributed by atoms with Gasteiger partial charge in [-0.05, 0) is 31.5 Å². The van der Waals surface area contributed by atoms with E-state index >= 15 is 0 Å². The zero-order chi connectivity index (χ0) is 9.97. The van der Waals surface area contributed by atoms with Gasteiger partial charge in [-0.3, -0.25) is 0 Å². The Kier molecular flexibility index (Phi) is 2.70. The van der Waals surface area contributed by atoms with Gasteiger partial charge in [-0.25, -0.2) is 0 Å². The number of hydrogen-bond donors (Lipinski definition) is 1. The average Bonchev–Trinajstić information content (AvgIpc) is 2.80. The second-order valence-corrected chi connectivity index (χ2v) is 4.15. The summed E-state index contributed by atoms with van der Waals surface area (Å²) in [6, 6.07) is 6.49. The lowest BCUT2D eigenvalue weighted by molar-refractivity contribution is 0.524. The molecule has 0 fully saturated rings. The van der Waals surface area contributed by atoms with Gasteiger partial charge in [0, 0.05) is 10.4 Å². The molecule has 74 valence electrons. The van der Waals surface area contributed by atoms with Gasteiger partial charge >= 0.3 is 0 Å². The van der Waals surface area contributed by atoms with E-state index in [0.717, 1.165) is 5.76 Å². The Morgan fingerprint density at radius 2 is 2.29 bits per heavy atom. The van der Waals surface area contributed by atoms with Crippen LogP contribution in [0, 0.1) is 6.92 Å². The van der Waals surface area contributed by atoms with Crippen LogP contribution in [0.15, 0.2) is 34.3 Å². The molecule has 2 rings (SSSR count). The highest BCUT2D eigenvalue weighted by Crippen LogP contribution is 2.28. The van der Waals surface area contributed by atoms with Crippen molar-refractivity contribution < 1.29 is 4.42 Å². The number of hydrogen-bond acceptors (Lipinski definition) is 3. The van der Waals surface area contributed by atoms with E-state index in [4.69, 9.17) is 4.42 Å². The molecule has 0 aliphatic rings. The molecule has 1 N–H and O–H groups in total. The zero-order valence-electron chi connectivity index (χ0n) is 8.28. The lowest BCUT2D eigenvalue weighted by Gasteiger charge is -2.13. The normalized spacial score (nSPS) is 13.0. The Balaban J connectivity index is 2.36. The predicted octanol–water partition coefficient (Wildman–Crippen LogP) is 2.96. The fourth-order valence-corrected chi connectivity index (χ4v) is 2.45. The first-order chi connectivity index (χ1) is 6.83. The van der Waals surface area contributed by atoms with E-state index in [1.54, 1.807) is 17.6 Å². The van der Waals surface area contributed by atoms with Crippen molar-refractivity contribution in [1.82, 2.24) is 5.32 Å². The van der Waals surface area contributed by atoms with Gasteiger partial charge in [0.1, 0.15) is 5.76 Å². The zero-order valence-corrected chi connectivity index (χ0v) is 9.10. The highest BCUT2D eigenvalue weighted by Gasteiger charge is 2.16.